The van der Waals surface area contributed by atoms with Gasteiger partial charge in [-0.3, -0.25) is 0 Å². The lowest BCUT2D eigenvalue weighted by molar-refractivity contribution is 0.268. The fourth-order valence-electron chi connectivity index (χ4n) is 2.09. The maximum absolute atomic E-state index is 8.85. The van der Waals surface area contributed by atoms with Gasteiger partial charge in [0.1, 0.15) is 11.8 Å². The van der Waals surface area contributed by atoms with Gasteiger partial charge in [0.2, 0.25) is 5.95 Å². The number of anilines is 1. The summed E-state index contributed by atoms with van der Waals surface area (Å²) in [5.41, 5.74) is 1.43. The van der Waals surface area contributed by atoms with Crippen molar-refractivity contribution in [2.24, 2.45) is 0 Å². The van der Waals surface area contributed by atoms with Gasteiger partial charge < -0.3 is 5.32 Å². The van der Waals surface area contributed by atoms with Gasteiger partial charge in [0, 0.05) is 11.2 Å². The van der Waals surface area contributed by atoms with E-state index >= 15 is 0 Å². The van der Waals surface area contributed by atoms with Crippen LogP contribution in [-0.2, 0) is 0 Å². The number of rotatable bonds is 3. The summed E-state index contributed by atoms with van der Waals surface area (Å²) in [5, 5.41) is 12.2. The van der Waals surface area contributed by atoms with E-state index in [1.54, 1.807) is 6.07 Å². The third-order valence-corrected chi connectivity index (χ3v) is 3.33. The van der Waals surface area contributed by atoms with Gasteiger partial charge in [-0.15, -0.1) is 0 Å². The Bertz CT molecular complexity index is 424. The molecule has 2 rings (SSSR count). The van der Waals surface area contributed by atoms with E-state index < -0.39 is 0 Å². The third-order valence-electron chi connectivity index (χ3n) is 3.33. The highest BCUT2D eigenvalue weighted by Gasteiger charge is 2.35. The Hall–Kier alpha value is -1.63. The minimum absolute atomic E-state index is 0.167. The van der Waals surface area contributed by atoms with Gasteiger partial charge in [0.15, 0.2) is 0 Å². The molecule has 0 saturated heterocycles. The summed E-state index contributed by atoms with van der Waals surface area (Å²) in [6, 6.07) is 3.76. The van der Waals surface area contributed by atoms with Crippen molar-refractivity contribution in [2.45, 2.75) is 45.1 Å². The second kappa shape index (κ2) is 4.09. The van der Waals surface area contributed by atoms with Gasteiger partial charge >= 0.3 is 0 Å². The van der Waals surface area contributed by atoms with Crippen molar-refractivity contribution in [3.63, 3.8) is 0 Å². The van der Waals surface area contributed by atoms with Crippen LogP contribution in [0.25, 0.3) is 0 Å². The molecule has 4 nitrogen and oxygen atoms in total. The van der Waals surface area contributed by atoms with Crippen molar-refractivity contribution in [2.75, 3.05) is 5.32 Å². The average Bonchev–Trinajstić information content (AvgIpc) is 2.22. The molecule has 0 aliphatic heterocycles. The minimum Gasteiger partial charge on any atom is -0.349 e. The normalized spacial score (nSPS) is 17.3. The van der Waals surface area contributed by atoms with Gasteiger partial charge in [-0.05, 0) is 38.7 Å². The van der Waals surface area contributed by atoms with Gasteiger partial charge in [-0.25, -0.2) is 9.97 Å². The molecule has 1 aliphatic carbocycles. The number of nitrogens with one attached hydrogen (secondary N) is 1. The Kier molecular flexibility index (Phi) is 2.78. The zero-order valence-corrected chi connectivity index (χ0v) is 9.75. The first kappa shape index (κ1) is 10.9. The lowest BCUT2D eigenvalue weighted by Crippen LogP contribution is -2.44. The van der Waals surface area contributed by atoms with Crippen LogP contribution in [-0.4, -0.2) is 15.5 Å². The Balaban J connectivity index is 2.21. The molecule has 4 heteroatoms. The zero-order valence-electron chi connectivity index (χ0n) is 9.75. The highest BCUT2D eigenvalue weighted by molar-refractivity contribution is 5.36. The van der Waals surface area contributed by atoms with Crippen LogP contribution in [0.3, 0.4) is 0 Å². The third kappa shape index (κ3) is 1.99. The van der Waals surface area contributed by atoms with E-state index in [0.717, 1.165) is 12.1 Å². The second-order valence-electron chi connectivity index (χ2n) is 4.44. The summed E-state index contributed by atoms with van der Waals surface area (Å²) >= 11 is 0. The summed E-state index contributed by atoms with van der Waals surface area (Å²) in [4.78, 5) is 8.51. The van der Waals surface area contributed by atoms with Gasteiger partial charge in [0.05, 0.1) is 0 Å². The SMILES string of the molecule is CCC1(Nc2nc(C)cc(C#N)n2)CCC1. The fraction of sp³-hybridized carbons (Fsp3) is 0.583. The maximum atomic E-state index is 8.85. The van der Waals surface area contributed by atoms with E-state index in [0.29, 0.717) is 11.6 Å². The van der Waals surface area contributed by atoms with Crippen LogP contribution in [0, 0.1) is 18.3 Å². The van der Waals surface area contributed by atoms with E-state index in [9.17, 15) is 0 Å². The molecule has 0 atom stereocenters. The van der Waals surface area contributed by atoms with Crippen molar-refractivity contribution in [3.05, 3.63) is 17.5 Å². The Labute approximate surface area is 95.7 Å². The molecule has 0 amide bonds. The van der Waals surface area contributed by atoms with Crippen LogP contribution >= 0.6 is 0 Å². The lowest BCUT2D eigenvalue weighted by Gasteiger charge is -2.42. The molecule has 1 aliphatic rings. The second-order valence-corrected chi connectivity index (χ2v) is 4.44. The molecular formula is C12H16N4. The largest absolute Gasteiger partial charge is 0.349 e. The summed E-state index contributed by atoms with van der Waals surface area (Å²) in [7, 11) is 0. The van der Waals surface area contributed by atoms with Gasteiger partial charge in [-0.1, -0.05) is 6.92 Å². The average molecular weight is 216 g/mol. The Morgan fingerprint density at radius 1 is 1.50 bits per heavy atom. The molecule has 0 spiro atoms. The van der Waals surface area contributed by atoms with Crippen molar-refractivity contribution < 1.29 is 0 Å². The van der Waals surface area contributed by atoms with Crippen LogP contribution < -0.4 is 5.32 Å². The number of nitriles is 1. The fourth-order valence-corrected chi connectivity index (χ4v) is 2.09. The molecule has 0 unspecified atom stereocenters. The number of hydrogen-bond donors (Lipinski definition) is 1. The van der Waals surface area contributed by atoms with E-state index in [2.05, 4.69) is 28.3 Å². The quantitative estimate of drug-likeness (QED) is 0.842. The summed E-state index contributed by atoms with van der Waals surface area (Å²) in [5.74, 6) is 0.595. The smallest absolute Gasteiger partial charge is 0.224 e. The van der Waals surface area contributed by atoms with Crippen LogP contribution in [0.2, 0.25) is 0 Å². The molecule has 1 heterocycles. The van der Waals surface area contributed by atoms with Crippen LogP contribution in [0.4, 0.5) is 5.95 Å². The number of nitrogens with zero attached hydrogens (tertiary/aromatic N) is 3. The highest BCUT2D eigenvalue weighted by atomic mass is 15.2. The lowest BCUT2D eigenvalue weighted by atomic mass is 9.75. The van der Waals surface area contributed by atoms with Crippen molar-refractivity contribution in [3.8, 4) is 6.07 Å². The predicted octanol–water partition coefficient (Wildman–Crippen LogP) is 2.40. The molecule has 84 valence electrons. The molecule has 1 N–H and O–H groups in total. The summed E-state index contributed by atoms with van der Waals surface area (Å²) in [6.45, 7) is 4.06. The Morgan fingerprint density at radius 3 is 2.75 bits per heavy atom. The molecule has 1 fully saturated rings. The first-order valence-electron chi connectivity index (χ1n) is 5.71. The molecule has 0 radical (unpaired) electrons. The summed E-state index contributed by atoms with van der Waals surface area (Å²) < 4.78 is 0. The van der Waals surface area contributed by atoms with Gasteiger partial charge in [-0.2, -0.15) is 5.26 Å². The van der Waals surface area contributed by atoms with E-state index in [-0.39, 0.29) is 5.54 Å². The van der Waals surface area contributed by atoms with E-state index in [1.165, 1.54) is 19.3 Å². The van der Waals surface area contributed by atoms with E-state index in [1.807, 2.05) is 6.92 Å². The molecule has 0 bridgehead atoms. The maximum Gasteiger partial charge on any atom is 0.224 e. The molecule has 1 aromatic heterocycles. The predicted molar refractivity (Wildman–Crippen MR) is 62.0 cm³/mol. The molecular weight excluding hydrogens is 200 g/mol. The van der Waals surface area contributed by atoms with Crippen molar-refractivity contribution in [1.82, 2.24) is 9.97 Å². The standard InChI is InChI=1S/C12H16N4/c1-3-12(5-4-6-12)16-11-14-9(2)7-10(8-13)15-11/h7H,3-6H2,1-2H3,(H,14,15,16). The molecule has 1 saturated carbocycles. The van der Waals surface area contributed by atoms with Crippen molar-refractivity contribution in [1.29, 1.82) is 5.26 Å². The van der Waals surface area contributed by atoms with Gasteiger partial charge in [0.25, 0.3) is 0 Å². The highest BCUT2D eigenvalue weighted by Crippen LogP contribution is 2.37. The Morgan fingerprint density at radius 2 is 2.25 bits per heavy atom. The van der Waals surface area contributed by atoms with Crippen molar-refractivity contribution >= 4 is 5.95 Å². The topological polar surface area (TPSA) is 61.6 Å². The number of aryl methyl sites for hydroxylation is 1. The van der Waals surface area contributed by atoms with E-state index in [4.69, 9.17) is 5.26 Å². The molecule has 0 aromatic carbocycles. The minimum atomic E-state index is 0.167. The van der Waals surface area contributed by atoms with Crippen LogP contribution in [0.1, 0.15) is 44.0 Å². The van der Waals surface area contributed by atoms with Crippen LogP contribution in [0.5, 0.6) is 0 Å². The zero-order chi connectivity index (χ0) is 11.6. The monoisotopic (exact) mass is 216 g/mol. The molecule has 16 heavy (non-hydrogen) atoms. The number of hydrogen-bond acceptors (Lipinski definition) is 4. The number of aromatic nitrogens is 2. The first-order valence-corrected chi connectivity index (χ1v) is 5.71. The van der Waals surface area contributed by atoms with Crippen LogP contribution in [0.15, 0.2) is 6.07 Å². The summed E-state index contributed by atoms with van der Waals surface area (Å²) in [6.07, 6.45) is 4.68. The first-order chi connectivity index (χ1) is 7.67. The molecule has 1 aromatic rings.